The van der Waals surface area contributed by atoms with Gasteiger partial charge in [-0.05, 0) is 13.0 Å². The van der Waals surface area contributed by atoms with Crippen LogP contribution in [0.15, 0.2) is 30.3 Å². The van der Waals surface area contributed by atoms with Gasteiger partial charge in [-0.2, -0.15) is 0 Å². The fraction of sp³-hybridized carbons (Fsp3) is 0.143. The van der Waals surface area contributed by atoms with E-state index in [1.807, 2.05) is 24.3 Å². The van der Waals surface area contributed by atoms with Crippen molar-refractivity contribution in [2.24, 2.45) is 0 Å². The van der Waals surface area contributed by atoms with Gasteiger partial charge in [0.05, 0.1) is 7.11 Å². The van der Waals surface area contributed by atoms with Gasteiger partial charge in [0.2, 0.25) is 0 Å². The van der Waals surface area contributed by atoms with Crippen molar-refractivity contribution >= 4 is 28.4 Å². The van der Waals surface area contributed by atoms with Crippen LogP contribution in [0.3, 0.4) is 0 Å². The number of rotatable bonds is 3. The number of nitrogens with one attached hydrogen (secondary N) is 1. The smallest absolute Gasteiger partial charge is 0.378 e. The lowest BCUT2D eigenvalue weighted by Gasteiger charge is -2.00. The van der Waals surface area contributed by atoms with Crippen LogP contribution in [0.25, 0.3) is 16.7 Å². The molecule has 5 nitrogen and oxygen atoms in total. The Hall–Kier alpha value is -2.56. The highest BCUT2D eigenvalue weighted by molar-refractivity contribution is 6.39. The number of carbonyl (C=O) groups excluding carboxylic acids is 2. The quantitative estimate of drug-likeness (QED) is 0.383. The van der Waals surface area contributed by atoms with E-state index in [1.165, 1.54) is 0 Å². The molecule has 0 aliphatic carbocycles. The molecule has 0 saturated heterocycles. The van der Waals surface area contributed by atoms with Crippen LogP contribution in [0.5, 0.6) is 0 Å². The van der Waals surface area contributed by atoms with Gasteiger partial charge in [-0.25, -0.2) is 4.79 Å². The maximum atomic E-state index is 11.4. The number of aliphatic hydroxyl groups is 1. The van der Waals surface area contributed by atoms with E-state index in [9.17, 15) is 14.7 Å². The van der Waals surface area contributed by atoms with Gasteiger partial charge in [0.15, 0.2) is 0 Å². The van der Waals surface area contributed by atoms with Gasteiger partial charge >= 0.3 is 5.97 Å². The topological polar surface area (TPSA) is 79.4 Å². The number of para-hydroxylation sites is 1. The Balaban J connectivity index is 2.50. The van der Waals surface area contributed by atoms with Gasteiger partial charge in [0, 0.05) is 28.2 Å². The largest absolute Gasteiger partial charge is 0.507 e. The second-order valence-corrected chi connectivity index (χ2v) is 4.06. The first-order valence-electron chi connectivity index (χ1n) is 5.65. The molecule has 0 bridgehead atoms. The Morgan fingerprint density at radius 3 is 2.68 bits per heavy atom. The van der Waals surface area contributed by atoms with Crippen LogP contribution in [0.1, 0.15) is 11.3 Å². The maximum absolute atomic E-state index is 11.4. The van der Waals surface area contributed by atoms with Crippen LogP contribution < -0.4 is 0 Å². The Morgan fingerprint density at radius 2 is 2.00 bits per heavy atom. The third-order valence-electron chi connectivity index (χ3n) is 2.80. The van der Waals surface area contributed by atoms with Crippen LogP contribution in [0.2, 0.25) is 0 Å². The van der Waals surface area contributed by atoms with E-state index >= 15 is 0 Å². The van der Waals surface area contributed by atoms with E-state index in [-0.39, 0.29) is 5.76 Å². The van der Waals surface area contributed by atoms with Crippen LogP contribution in [0, 0.1) is 6.92 Å². The molecule has 0 atom stereocenters. The van der Waals surface area contributed by atoms with E-state index in [4.69, 9.17) is 0 Å². The molecule has 0 aliphatic heterocycles. The molecule has 0 unspecified atom stereocenters. The standard InChI is InChI=1S/C14H13NO4/c1-8-13(9-5-3-4-6-10(9)15-8)11(16)7-12(17)14(18)19-2/h3-7,15-16H,1-2H3/b11-7-. The van der Waals surface area contributed by atoms with Crippen molar-refractivity contribution in [2.75, 3.05) is 7.11 Å². The number of hydrogen-bond acceptors (Lipinski definition) is 4. The number of methoxy groups -OCH3 is 1. The molecule has 0 spiro atoms. The average molecular weight is 259 g/mol. The number of aromatic amines is 1. The number of carbonyl (C=O) groups is 2. The van der Waals surface area contributed by atoms with Crippen LogP contribution in [-0.2, 0) is 14.3 Å². The SMILES string of the molecule is COC(=O)C(=O)/C=C(\O)c1c(C)[nH]c2ccccc12. The molecule has 0 fully saturated rings. The molecule has 2 N–H and O–H groups in total. The monoisotopic (exact) mass is 259 g/mol. The van der Waals surface area contributed by atoms with Crippen molar-refractivity contribution in [2.45, 2.75) is 6.92 Å². The number of ketones is 1. The van der Waals surface area contributed by atoms with Crippen molar-refractivity contribution < 1.29 is 19.4 Å². The molecular formula is C14H13NO4. The van der Waals surface area contributed by atoms with Crippen molar-refractivity contribution in [1.82, 2.24) is 4.98 Å². The highest BCUT2D eigenvalue weighted by Crippen LogP contribution is 2.26. The van der Waals surface area contributed by atoms with E-state index in [0.717, 1.165) is 24.1 Å². The van der Waals surface area contributed by atoms with Crippen molar-refractivity contribution in [1.29, 1.82) is 0 Å². The lowest BCUT2D eigenvalue weighted by Crippen LogP contribution is -2.13. The summed E-state index contributed by atoms with van der Waals surface area (Å²) in [4.78, 5) is 25.5. The molecular weight excluding hydrogens is 246 g/mol. The zero-order valence-electron chi connectivity index (χ0n) is 10.6. The molecule has 19 heavy (non-hydrogen) atoms. The number of aliphatic hydroxyl groups excluding tert-OH is 1. The number of aromatic nitrogens is 1. The van der Waals surface area contributed by atoms with E-state index in [1.54, 1.807) is 6.92 Å². The molecule has 1 heterocycles. The minimum absolute atomic E-state index is 0.259. The number of hydrogen-bond donors (Lipinski definition) is 2. The number of fused-ring (bicyclic) bond motifs is 1. The average Bonchev–Trinajstić information content (AvgIpc) is 2.73. The molecule has 2 aromatic rings. The van der Waals surface area contributed by atoms with Gasteiger partial charge in [-0.1, -0.05) is 18.2 Å². The predicted molar refractivity (Wildman–Crippen MR) is 70.7 cm³/mol. The highest BCUT2D eigenvalue weighted by Gasteiger charge is 2.16. The summed E-state index contributed by atoms with van der Waals surface area (Å²) in [7, 11) is 1.11. The molecule has 0 amide bonds. The lowest BCUT2D eigenvalue weighted by atomic mass is 10.1. The number of benzene rings is 1. The van der Waals surface area contributed by atoms with Crippen molar-refractivity contribution in [3.8, 4) is 0 Å². The van der Waals surface area contributed by atoms with Gasteiger partial charge in [0.25, 0.3) is 5.78 Å². The molecule has 0 aliphatic rings. The van der Waals surface area contributed by atoms with Crippen molar-refractivity contribution in [3.05, 3.63) is 41.6 Å². The predicted octanol–water partition coefficient (Wildman–Crippen LogP) is 2.12. The summed E-state index contributed by atoms with van der Waals surface area (Å²) >= 11 is 0. The third kappa shape index (κ3) is 2.35. The summed E-state index contributed by atoms with van der Waals surface area (Å²) in [5, 5.41) is 10.8. The van der Waals surface area contributed by atoms with E-state index < -0.39 is 11.8 Å². The summed E-state index contributed by atoms with van der Waals surface area (Å²) in [6.45, 7) is 1.78. The lowest BCUT2D eigenvalue weighted by molar-refractivity contribution is -0.149. The van der Waals surface area contributed by atoms with Gasteiger partial charge < -0.3 is 14.8 Å². The minimum atomic E-state index is -1.01. The Labute approximate surface area is 109 Å². The molecule has 0 radical (unpaired) electrons. The zero-order valence-corrected chi connectivity index (χ0v) is 10.6. The summed E-state index contributed by atoms with van der Waals surface area (Å²) in [5.74, 6) is -2.17. The second-order valence-electron chi connectivity index (χ2n) is 4.06. The normalized spacial score (nSPS) is 11.6. The third-order valence-corrected chi connectivity index (χ3v) is 2.80. The number of esters is 1. The Kier molecular flexibility index (Phi) is 3.37. The zero-order chi connectivity index (χ0) is 14.0. The summed E-state index contributed by atoms with van der Waals surface area (Å²) in [5.41, 5.74) is 2.07. The fourth-order valence-corrected chi connectivity index (χ4v) is 1.96. The molecule has 98 valence electrons. The number of ether oxygens (including phenoxy) is 1. The van der Waals surface area contributed by atoms with Gasteiger partial charge in [-0.3, -0.25) is 4.79 Å². The first-order chi connectivity index (χ1) is 9.04. The maximum Gasteiger partial charge on any atom is 0.378 e. The van der Waals surface area contributed by atoms with Crippen LogP contribution in [0.4, 0.5) is 0 Å². The van der Waals surface area contributed by atoms with Gasteiger partial charge in [0.1, 0.15) is 5.76 Å². The summed E-state index contributed by atoms with van der Waals surface area (Å²) in [6, 6.07) is 7.37. The van der Waals surface area contributed by atoms with Crippen LogP contribution in [-0.4, -0.2) is 29.0 Å². The van der Waals surface area contributed by atoms with Crippen LogP contribution >= 0.6 is 0 Å². The number of H-pyrrole nitrogens is 1. The first-order valence-corrected chi connectivity index (χ1v) is 5.65. The van der Waals surface area contributed by atoms with Crippen molar-refractivity contribution in [3.63, 3.8) is 0 Å². The summed E-state index contributed by atoms with van der Waals surface area (Å²) < 4.78 is 4.30. The highest BCUT2D eigenvalue weighted by atomic mass is 16.5. The van der Waals surface area contributed by atoms with E-state index in [0.29, 0.717) is 11.3 Å². The second kappa shape index (κ2) is 4.97. The Bertz CT molecular complexity index is 682. The van der Waals surface area contributed by atoms with Gasteiger partial charge in [-0.15, -0.1) is 0 Å². The first kappa shape index (κ1) is 12.9. The molecule has 0 saturated carbocycles. The molecule has 5 heteroatoms. The molecule has 2 rings (SSSR count). The summed E-state index contributed by atoms with van der Waals surface area (Å²) in [6.07, 6.45) is 0.869. The fourth-order valence-electron chi connectivity index (χ4n) is 1.96. The molecule has 1 aromatic carbocycles. The number of aryl methyl sites for hydroxylation is 1. The van der Waals surface area contributed by atoms with E-state index in [2.05, 4.69) is 9.72 Å². The minimum Gasteiger partial charge on any atom is -0.507 e. The Morgan fingerprint density at radius 1 is 1.32 bits per heavy atom. The molecule has 1 aromatic heterocycles.